The summed E-state index contributed by atoms with van der Waals surface area (Å²) in [5.74, 6) is 0.0314. The minimum absolute atomic E-state index is 0.0314. The van der Waals surface area contributed by atoms with Crippen molar-refractivity contribution in [3.05, 3.63) is 11.9 Å². The van der Waals surface area contributed by atoms with E-state index >= 15 is 0 Å². The Morgan fingerprint density at radius 3 is 2.86 bits per heavy atom. The van der Waals surface area contributed by atoms with Gasteiger partial charge in [0.25, 0.3) is 0 Å². The molecule has 0 atom stereocenters. The smallest absolute Gasteiger partial charge is 0.184 e. The summed E-state index contributed by atoms with van der Waals surface area (Å²) >= 11 is 1.05. The van der Waals surface area contributed by atoms with E-state index in [1.807, 2.05) is 13.8 Å². The van der Waals surface area contributed by atoms with E-state index < -0.39 is 0 Å². The Morgan fingerprint density at radius 2 is 2.36 bits per heavy atom. The third-order valence-electron chi connectivity index (χ3n) is 2.15. The fraction of sp³-hybridized carbons (Fsp3) is 0.667. The summed E-state index contributed by atoms with van der Waals surface area (Å²) in [6.45, 7) is 3.92. The topological polar surface area (TPSA) is 52.1 Å². The van der Waals surface area contributed by atoms with Crippen LogP contribution in [0.2, 0.25) is 0 Å². The van der Waals surface area contributed by atoms with Crippen LogP contribution in [0.5, 0.6) is 0 Å². The largest absolute Gasteiger partial charge is 0.379 e. The molecule has 0 saturated heterocycles. The Hall–Kier alpha value is -0.810. The molecule has 1 aromatic rings. The number of rotatable bonds is 5. The number of nitrogens with zero attached hydrogens (tertiary/aromatic N) is 2. The number of carbonyl (C=O) groups excluding carboxylic acids is 1. The first-order valence-corrected chi connectivity index (χ1v) is 5.14. The summed E-state index contributed by atoms with van der Waals surface area (Å²) in [7, 11) is 1.65. The van der Waals surface area contributed by atoms with Gasteiger partial charge in [-0.25, -0.2) is 0 Å². The summed E-state index contributed by atoms with van der Waals surface area (Å²) in [4.78, 5) is 11.5. The van der Waals surface area contributed by atoms with E-state index in [4.69, 9.17) is 4.74 Å². The van der Waals surface area contributed by atoms with E-state index in [-0.39, 0.29) is 11.4 Å². The second-order valence-electron chi connectivity index (χ2n) is 3.68. The van der Waals surface area contributed by atoms with Gasteiger partial charge in [0, 0.05) is 13.5 Å². The molecule has 0 spiro atoms. The lowest BCUT2D eigenvalue weighted by Crippen LogP contribution is -2.23. The van der Waals surface area contributed by atoms with E-state index in [1.165, 1.54) is 6.20 Å². The first-order valence-electron chi connectivity index (χ1n) is 4.41. The molecule has 0 fully saturated rings. The van der Waals surface area contributed by atoms with Crippen LogP contribution in [0.15, 0.2) is 6.20 Å². The fourth-order valence-electron chi connectivity index (χ4n) is 0.932. The molecule has 0 radical (unpaired) electrons. The second kappa shape index (κ2) is 4.61. The Balaban J connectivity index is 2.43. The summed E-state index contributed by atoms with van der Waals surface area (Å²) in [5.41, 5.74) is 0.209. The molecule has 0 aliphatic rings. The van der Waals surface area contributed by atoms with Gasteiger partial charge in [-0.3, -0.25) is 4.79 Å². The van der Waals surface area contributed by atoms with E-state index in [0.717, 1.165) is 11.7 Å². The molecular formula is C9H14N2O2S. The average Bonchev–Trinajstić information content (AvgIpc) is 2.67. The Labute approximate surface area is 87.6 Å². The van der Waals surface area contributed by atoms with Crippen molar-refractivity contribution in [1.82, 2.24) is 8.75 Å². The number of methoxy groups -OCH3 is 1. The molecule has 0 aliphatic carbocycles. The van der Waals surface area contributed by atoms with Crippen LogP contribution in [-0.4, -0.2) is 27.2 Å². The van der Waals surface area contributed by atoms with Crippen LogP contribution in [0.1, 0.15) is 37.2 Å². The van der Waals surface area contributed by atoms with Crippen molar-refractivity contribution in [2.45, 2.75) is 32.3 Å². The first kappa shape index (κ1) is 11.3. The summed E-state index contributed by atoms with van der Waals surface area (Å²) in [6.07, 6.45) is 2.65. The highest BCUT2D eigenvalue weighted by Gasteiger charge is 2.19. The molecule has 0 amide bonds. The van der Waals surface area contributed by atoms with Crippen molar-refractivity contribution in [3.8, 4) is 0 Å². The molecule has 0 aliphatic heterocycles. The summed E-state index contributed by atoms with van der Waals surface area (Å²) in [6, 6.07) is 0. The quantitative estimate of drug-likeness (QED) is 0.703. The maximum Gasteiger partial charge on any atom is 0.184 e. The van der Waals surface area contributed by atoms with Gasteiger partial charge in [0.1, 0.15) is 5.69 Å². The standard InChI is InChI=1S/C9H14N2O2S/c1-9(2,13-3)5-4-8(12)7-6-10-14-11-7/h6H,4-5H2,1-3H3. The van der Waals surface area contributed by atoms with E-state index in [0.29, 0.717) is 18.5 Å². The third-order valence-corrected chi connectivity index (χ3v) is 2.63. The van der Waals surface area contributed by atoms with Crippen molar-refractivity contribution < 1.29 is 9.53 Å². The molecule has 0 N–H and O–H groups in total. The van der Waals surface area contributed by atoms with Gasteiger partial charge in [-0.1, -0.05) is 0 Å². The van der Waals surface area contributed by atoms with Crippen molar-refractivity contribution in [2.24, 2.45) is 0 Å². The van der Waals surface area contributed by atoms with Gasteiger partial charge in [0.15, 0.2) is 5.78 Å². The van der Waals surface area contributed by atoms with Crippen LogP contribution in [0.25, 0.3) is 0 Å². The van der Waals surface area contributed by atoms with Gasteiger partial charge in [0.05, 0.1) is 23.5 Å². The van der Waals surface area contributed by atoms with Crippen LogP contribution in [-0.2, 0) is 4.74 Å². The molecule has 78 valence electrons. The number of ether oxygens (including phenoxy) is 1. The fourth-order valence-corrected chi connectivity index (χ4v) is 1.36. The number of hydrogen-bond acceptors (Lipinski definition) is 5. The monoisotopic (exact) mass is 214 g/mol. The molecule has 5 heteroatoms. The minimum atomic E-state index is -0.251. The summed E-state index contributed by atoms with van der Waals surface area (Å²) in [5, 5.41) is 0. The van der Waals surface area contributed by atoms with Crippen LogP contribution < -0.4 is 0 Å². The Kier molecular flexibility index (Phi) is 3.71. The zero-order chi connectivity index (χ0) is 10.6. The molecule has 0 aromatic carbocycles. The first-order chi connectivity index (χ1) is 6.55. The second-order valence-corrected chi connectivity index (χ2v) is 4.24. The van der Waals surface area contributed by atoms with E-state index in [9.17, 15) is 4.79 Å². The lowest BCUT2D eigenvalue weighted by atomic mass is 10.00. The number of Topliss-reactive ketones (excluding diaryl/α,β-unsaturated/α-hetero) is 1. The van der Waals surface area contributed by atoms with Crippen molar-refractivity contribution in [1.29, 1.82) is 0 Å². The molecule has 1 aromatic heterocycles. The van der Waals surface area contributed by atoms with Crippen molar-refractivity contribution >= 4 is 17.5 Å². The predicted octanol–water partition coefficient (Wildman–Crippen LogP) is 1.93. The van der Waals surface area contributed by atoms with Gasteiger partial charge in [0.2, 0.25) is 0 Å². The van der Waals surface area contributed by atoms with Gasteiger partial charge in [-0.2, -0.15) is 8.75 Å². The van der Waals surface area contributed by atoms with Gasteiger partial charge < -0.3 is 4.74 Å². The Bertz CT molecular complexity index is 296. The lowest BCUT2D eigenvalue weighted by molar-refractivity contribution is 0.0141. The van der Waals surface area contributed by atoms with Gasteiger partial charge in [-0.15, -0.1) is 0 Å². The SMILES string of the molecule is COC(C)(C)CCC(=O)c1cnsn1. The van der Waals surface area contributed by atoms with Gasteiger partial charge in [-0.05, 0) is 20.3 Å². The van der Waals surface area contributed by atoms with Gasteiger partial charge >= 0.3 is 0 Å². The van der Waals surface area contributed by atoms with Crippen LogP contribution in [0, 0.1) is 0 Å². The van der Waals surface area contributed by atoms with Crippen LogP contribution in [0.3, 0.4) is 0 Å². The van der Waals surface area contributed by atoms with Crippen molar-refractivity contribution in [2.75, 3.05) is 7.11 Å². The van der Waals surface area contributed by atoms with Crippen molar-refractivity contribution in [3.63, 3.8) is 0 Å². The van der Waals surface area contributed by atoms with E-state index in [1.54, 1.807) is 7.11 Å². The molecular weight excluding hydrogens is 200 g/mol. The zero-order valence-corrected chi connectivity index (χ0v) is 9.43. The zero-order valence-electron chi connectivity index (χ0n) is 8.61. The Morgan fingerprint density at radius 1 is 1.64 bits per heavy atom. The molecule has 14 heavy (non-hydrogen) atoms. The normalized spacial score (nSPS) is 11.6. The van der Waals surface area contributed by atoms with Crippen LogP contribution in [0.4, 0.5) is 0 Å². The molecule has 4 nitrogen and oxygen atoms in total. The maximum atomic E-state index is 11.5. The number of carbonyl (C=O) groups is 1. The minimum Gasteiger partial charge on any atom is -0.379 e. The molecule has 1 rings (SSSR count). The third kappa shape index (κ3) is 3.16. The highest BCUT2D eigenvalue weighted by Crippen LogP contribution is 2.16. The molecule has 0 unspecified atom stereocenters. The summed E-state index contributed by atoms with van der Waals surface area (Å²) < 4.78 is 12.9. The van der Waals surface area contributed by atoms with E-state index in [2.05, 4.69) is 8.75 Å². The maximum absolute atomic E-state index is 11.5. The lowest BCUT2D eigenvalue weighted by Gasteiger charge is -2.21. The number of ketones is 1. The highest BCUT2D eigenvalue weighted by atomic mass is 32.1. The average molecular weight is 214 g/mol. The highest BCUT2D eigenvalue weighted by molar-refractivity contribution is 6.99. The molecule has 0 saturated carbocycles. The molecule has 0 bridgehead atoms. The number of hydrogen-bond donors (Lipinski definition) is 0. The predicted molar refractivity (Wildman–Crippen MR) is 54.6 cm³/mol. The van der Waals surface area contributed by atoms with Crippen LogP contribution >= 0.6 is 11.7 Å². The number of aromatic nitrogens is 2. The molecule has 1 heterocycles.